The fourth-order valence-corrected chi connectivity index (χ4v) is 10.8. The monoisotopic (exact) mass is 1080 g/mol. The Kier molecular flexibility index (Phi) is 11.3. The number of ether oxygens (including phenoxy) is 1. The summed E-state index contributed by atoms with van der Waals surface area (Å²) in [5.41, 5.74) is 18.0. The van der Waals surface area contributed by atoms with E-state index in [2.05, 4.69) is 245 Å². The summed E-state index contributed by atoms with van der Waals surface area (Å²) in [7, 11) is 0. The number of aryl methyl sites for hydroxylation is 1. The second-order valence-electron chi connectivity index (χ2n) is 21.7. The molecule has 5 nitrogen and oxygen atoms in total. The number of nitrogens with zero attached hydrogens (tertiary/aromatic N) is 4. The average Bonchev–Trinajstić information content (AvgIpc) is 3.81. The first kappa shape index (κ1) is 46.6. The summed E-state index contributed by atoms with van der Waals surface area (Å²) in [4.78, 5) is 4.99. The standard InChI is InChI=1S/C63H61N4O.Pt/c1-40(2)51-20-17-21-52(41(3)4)61(51)44-33-48(67-39-66(67,58-22-15-16-23-59(58)67)47-25-27-53(42(5)32-47)43-18-13-12-14-19-43)37-50(34-44)68-49-26-28-54-55-35-45(62(6,7)8)24-29-56(55)65(57(54)38-49)60-36-46(30-31-64-60)63(9,10)11;/h12-36,39-41H,1-11H3;/q-1;/t66-,67?;/m0./s1. The van der Waals surface area contributed by atoms with E-state index >= 15 is 0 Å². The predicted molar refractivity (Wildman–Crippen MR) is 284 cm³/mol. The minimum absolute atomic E-state index is 0. The first-order chi connectivity index (χ1) is 32.5. The van der Waals surface area contributed by atoms with E-state index in [0.29, 0.717) is 32.5 Å². The number of benzene rings is 7. The first-order valence-corrected chi connectivity index (χ1v) is 24.3. The zero-order valence-corrected chi connectivity index (χ0v) is 44.0. The summed E-state index contributed by atoms with van der Waals surface area (Å²) < 4.78 is 10.5. The zero-order chi connectivity index (χ0) is 47.5. The Balaban J connectivity index is 0.00000553. The SMILES string of the molecule is Cc1cc([N@+]23[CH-][N+]2(c2[c-]c(Oc4[c-]c5c(cc4)c4cc(C(C)(C)C)ccc4n5-c4cc(C(C)(C)C)ccn4)cc(-c4c(C(C)C)cccc4C(C)C)c2)c2ccccc23)ccc1-c1ccccc1.[Pt]. The van der Waals surface area contributed by atoms with Crippen LogP contribution in [0.2, 0.25) is 0 Å². The van der Waals surface area contributed by atoms with E-state index in [1.54, 1.807) is 0 Å². The Morgan fingerprint density at radius 1 is 0.594 bits per heavy atom. The minimum atomic E-state index is -0.0469. The molecule has 1 unspecified atom stereocenters. The second kappa shape index (κ2) is 16.8. The van der Waals surface area contributed by atoms with E-state index in [9.17, 15) is 0 Å². The molecular formula is C63H61N4OPt-. The van der Waals surface area contributed by atoms with E-state index in [-0.39, 0.29) is 31.9 Å². The summed E-state index contributed by atoms with van der Waals surface area (Å²) in [5.74, 6) is 2.76. The molecule has 4 heterocycles. The summed E-state index contributed by atoms with van der Waals surface area (Å²) in [6, 6.07) is 61.1. The molecule has 0 aliphatic carbocycles. The fourth-order valence-electron chi connectivity index (χ4n) is 10.8. The minimum Gasteiger partial charge on any atom is -0.509 e. The largest absolute Gasteiger partial charge is 0.509 e. The number of hydrogen-bond acceptors (Lipinski definition) is 2. The van der Waals surface area contributed by atoms with Gasteiger partial charge >= 0.3 is 0 Å². The maximum Gasteiger partial charge on any atom is 0.225 e. The third-order valence-corrected chi connectivity index (χ3v) is 14.5. The molecule has 9 aromatic rings. The van der Waals surface area contributed by atoms with E-state index in [1.165, 1.54) is 67.0 Å². The molecule has 1 fully saturated rings. The Hall–Kier alpha value is -6.10. The molecule has 0 N–H and O–H groups in total. The predicted octanol–water partition coefficient (Wildman–Crippen LogP) is 17.4. The van der Waals surface area contributed by atoms with Crippen LogP contribution in [-0.2, 0) is 31.9 Å². The van der Waals surface area contributed by atoms with E-state index in [1.807, 2.05) is 6.20 Å². The third-order valence-electron chi connectivity index (χ3n) is 14.5. The van der Waals surface area contributed by atoms with Crippen LogP contribution in [0.4, 0.5) is 22.7 Å². The number of rotatable bonds is 9. The number of hydrogen-bond donors (Lipinski definition) is 0. The van der Waals surface area contributed by atoms with Gasteiger partial charge in [0.25, 0.3) is 0 Å². The molecule has 0 radical (unpaired) electrons. The molecule has 69 heavy (non-hydrogen) atoms. The molecule has 2 aromatic heterocycles. The van der Waals surface area contributed by atoms with Gasteiger partial charge in [0.1, 0.15) is 5.82 Å². The van der Waals surface area contributed by atoms with E-state index < -0.39 is 0 Å². The van der Waals surface area contributed by atoms with Crippen molar-refractivity contribution in [2.75, 3.05) is 0 Å². The van der Waals surface area contributed by atoms with Crippen molar-refractivity contribution in [3.63, 3.8) is 0 Å². The Labute approximate surface area is 423 Å². The fraction of sp³-hybridized carbons (Fsp3) is 0.238. The van der Waals surface area contributed by atoms with Crippen LogP contribution in [-0.4, -0.2) is 9.55 Å². The van der Waals surface area contributed by atoms with Gasteiger partial charge < -0.3 is 9.30 Å². The van der Waals surface area contributed by atoms with Crippen LogP contribution < -0.4 is 13.9 Å². The molecule has 6 heteroatoms. The van der Waals surface area contributed by atoms with Gasteiger partial charge in [-0.25, -0.2) is 9.58 Å². The summed E-state index contributed by atoms with van der Waals surface area (Å²) in [6.45, 7) is 27.4. The Morgan fingerprint density at radius 2 is 1.26 bits per heavy atom. The molecule has 0 saturated carbocycles. The summed E-state index contributed by atoms with van der Waals surface area (Å²) >= 11 is 0. The molecule has 2 atom stereocenters. The van der Waals surface area contributed by atoms with Gasteiger partial charge in [0.15, 0.2) is 12.4 Å². The Morgan fingerprint density at radius 3 is 1.93 bits per heavy atom. The first-order valence-electron chi connectivity index (χ1n) is 24.3. The molecular weight excluding hydrogens is 1020 g/mol. The molecule has 7 aromatic carbocycles. The van der Waals surface area contributed by atoms with Crippen molar-refractivity contribution in [1.82, 2.24) is 18.7 Å². The number of aromatic nitrogens is 2. The normalized spacial score (nSPS) is 17.4. The van der Waals surface area contributed by atoms with Crippen LogP contribution in [0.25, 0.3) is 49.9 Å². The van der Waals surface area contributed by atoms with Gasteiger partial charge in [-0.15, -0.1) is 29.1 Å². The van der Waals surface area contributed by atoms with Crippen LogP contribution >= 0.6 is 0 Å². The van der Waals surface area contributed by atoms with Crippen molar-refractivity contribution in [2.45, 2.75) is 98.8 Å². The van der Waals surface area contributed by atoms with Crippen molar-refractivity contribution in [1.29, 1.82) is 0 Å². The molecule has 350 valence electrons. The molecule has 2 aliphatic heterocycles. The van der Waals surface area contributed by atoms with Crippen LogP contribution in [0, 0.1) is 25.7 Å². The van der Waals surface area contributed by atoms with Gasteiger partial charge in [-0.1, -0.05) is 160 Å². The maximum atomic E-state index is 7.15. The number of para-hydroxylation sites is 2. The van der Waals surface area contributed by atoms with Crippen LogP contribution in [0.1, 0.15) is 109 Å². The summed E-state index contributed by atoms with van der Waals surface area (Å²) in [5, 5.41) is 2.28. The van der Waals surface area contributed by atoms with Crippen LogP contribution in [0.5, 0.6) is 11.5 Å². The topological polar surface area (TPSA) is 27.1 Å². The Bertz CT molecular complexity index is 3440. The van der Waals surface area contributed by atoms with Gasteiger partial charge in [0.05, 0.1) is 5.69 Å². The van der Waals surface area contributed by atoms with Gasteiger partial charge in [-0.3, -0.25) is 0 Å². The number of quaternary nitrogens is 2. The smallest absolute Gasteiger partial charge is 0.225 e. The number of fused-ring (bicyclic) bond motifs is 7. The van der Waals surface area contributed by atoms with Crippen molar-refractivity contribution in [3.05, 3.63) is 198 Å². The molecule has 0 spiro atoms. The van der Waals surface area contributed by atoms with Gasteiger partial charge in [-0.2, -0.15) is 10.7 Å². The van der Waals surface area contributed by atoms with Gasteiger partial charge in [0.2, 0.25) is 11.4 Å². The van der Waals surface area contributed by atoms with E-state index in [4.69, 9.17) is 9.72 Å². The molecule has 2 aliphatic rings. The maximum absolute atomic E-state index is 7.15. The van der Waals surface area contributed by atoms with Crippen molar-refractivity contribution >= 4 is 44.6 Å². The zero-order valence-electron chi connectivity index (χ0n) is 41.7. The second-order valence-corrected chi connectivity index (χ2v) is 21.7. The van der Waals surface area contributed by atoms with Crippen molar-refractivity contribution < 1.29 is 25.8 Å². The molecule has 0 amide bonds. The molecule has 1 saturated heterocycles. The van der Waals surface area contributed by atoms with E-state index in [0.717, 1.165) is 33.5 Å². The van der Waals surface area contributed by atoms with Gasteiger partial charge in [-0.05, 0) is 104 Å². The van der Waals surface area contributed by atoms with Gasteiger partial charge in [0, 0.05) is 68.5 Å². The molecule has 0 bridgehead atoms. The average molecular weight is 1090 g/mol. The summed E-state index contributed by atoms with van der Waals surface area (Å²) in [6.07, 6.45) is 1.93. The molecule has 11 rings (SSSR count). The third kappa shape index (κ3) is 7.43. The van der Waals surface area contributed by atoms with Crippen LogP contribution in [0.15, 0.2) is 152 Å². The van der Waals surface area contributed by atoms with Crippen molar-refractivity contribution in [3.8, 4) is 39.6 Å². The quantitative estimate of drug-likeness (QED) is 0.0818. The number of pyridine rings is 1. The van der Waals surface area contributed by atoms with Crippen LogP contribution in [0.3, 0.4) is 0 Å². The van der Waals surface area contributed by atoms with Crippen molar-refractivity contribution in [2.24, 2.45) is 0 Å².